The van der Waals surface area contributed by atoms with E-state index in [2.05, 4.69) is 28.9 Å². The summed E-state index contributed by atoms with van der Waals surface area (Å²) in [6.07, 6.45) is 4.01. The van der Waals surface area contributed by atoms with Gasteiger partial charge in [0.1, 0.15) is 0 Å². The first-order chi connectivity index (χ1) is 13.0. The van der Waals surface area contributed by atoms with Crippen LogP contribution in [0.5, 0.6) is 0 Å². The summed E-state index contributed by atoms with van der Waals surface area (Å²) in [5, 5.41) is 7.43. The lowest BCUT2D eigenvalue weighted by Gasteiger charge is -2.49. The highest BCUT2D eigenvalue weighted by atomic mass is 16.5. The molecule has 2 atom stereocenters. The molecular weight excluding hydrogens is 344 g/mol. The molecule has 1 aromatic heterocycles. The predicted octanol–water partition coefficient (Wildman–Crippen LogP) is 2.15. The fourth-order valence-electron chi connectivity index (χ4n) is 5.06. The molecule has 4 heterocycles. The van der Waals surface area contributed by atoms with Crippen LogP contribution in [0.25, 0.3) is 0 Å². The van der Waals surface area contributed by atoms with Crippen molar-refractivity contribution in [2.24, 2.45) is 0 Å². The van der Waals surface area contributed by atoms with Gasteiger partial charge in [-0.05, 0) is 33.1 Å². The minimum Gasteiger partial charge on any atom is -0.379 e. The van der Waals surface area contributed by atoms with Gasteiger partial charge in [-0.3, -0.25) is 14.8 Å². The summed E-state index contributed by atoms with van der Waals surface area (Å²) in [4.78, 5) is 17.8. The summed E-state index contributed by atoms with van der Waals surface area (Å²) >= 11 is 0. The zero-order valence-electron chi connectivity index (χ0n) is 16.8. The topological polar surface area (TPSA) is 70.7 Å². The molecule has 27 heavy (non-hydrogen) atoms. The molecule has 1 aromatic rings. The highest BCUT2D eigenvalue weighted by molar-refractivity contribution is 5.94. The van der Waals surface area contributed by atoms with E-state index in [0.717, 1.165) is 76.3 Å². The molecule has 1 amide bonds. The van der Waals surface area contributed by atoms with Gasteiger partial charge in [-0.2, -0.15) is 5.10 Å². The Bertz CT molecular complexity index is 675. The molecule has 0 aromatic carbocycles. The lowest BCUT2D eigenvalue weighted by Crippen LogP contribution is -2.58. The van der Waals surface area contributed by atoms with E-state index in [4.69, 9.17) is 9.47 Å². The van der Waals surface area contributed by atoms with Crippen LogP contribution in [0.4, 0.5) is 0 Å². The van der Waals surface area contributed by atoms with Crippen molar-refractivity contribution in [1.29, 1.82) is 0 Å². The summed E-state index contributed by atoms with van der Waals surface area (Å²) in [6, 6.07) is 0. The van der Waals surface area contributed by atoms with E-state index < -0.39 is 0 Å². The predicted molar refractivity (Wildman–Crippen MR) is 102 cm³/mol. The van der Waals surface area contributed by atoms with Gasteiger partial charge < -0.3 is 14.4 Å². The van der Waals surface area contributed by atoms with Crippen LogP contribution in [0, 0.1) is 0 Å². The second-order valence-electron chi connectivity index (χ2n) is 8.23. The number of H-pyrrole nitrogens is 1. The number of amides is 1. The summed E-state index contributed by atoms with van der Waals surface area (Å²) in [7, 11) is 0. The summed E-state index contributed by atoms with van der Waals surface area (Å²) in [5.74, 6) is 0.0699. The SMILES string of the molecule is CCC1(N2CCOCC2)CCN(C(=O)c2n[nH]c3c2C[C@H](C)O[C@@H]3C)CC1. The Labute approximate surface area is 161 Å². The Morgan fingerprint density at radius 1 is 1.22 bits per heavy atom. The Hall–Kier alpha value is -1.44. The lowest BCUT2D eigenvalue weighted by atomic mass is 9.82. The number of morpholine rings is 1. The molecule has 0 radical (unpaired) electrons. The van der Waals surface area contributed by atoms with Crippen molar-refractivity contribution < 1.29 is 14.3 Å². The van der Waals surface area contributed by atoms with Gasteiger partial charge in [-0.1, -0.05) is 6.92 Å². The van der Waals surface area contributed by atoms with E-state index in [1.165, 1.54) is 0 Å². The number of ether oxygens (including phenoxy) is 2. The molecule has 0 spiro atoms. The second-order valence-corrected chi connectivity index (χ2v) is 8.23. The van der Waals surface area contributed by atoms with Crippen molar-refractivity contribution in [3.05, 3.63) is 17.0 Å². The van der Waals surface area contributed by atoms with Gasteiger partial charge in [0, 0.05) is 43.7 Å². The number of nitrogens with zero attached hydrogens (tertiary/aromatic N) is 3. The zero-order valence-corrected chi connectivity index (χ0v) is 16.8. The van der Waals surface area contributed by atoms with Crippen LogP contribution in [0.2, 0.25) is 0 Å². The van der Waals surface area contributed by atoms with Crippen LogP contribution in [-0.4, -0.2) is 76.9 Å². The number of carbonyl (C=O) groups is 1. The van der Waals surface area contributed by atoms with Gasteiger partial charge in [-0.15, -0.1) is 0 Å². The third-order valence-electron chi connectivity index (χ3n) is 6.76. The molecule has 7 heteroatoms. The maximum absolute atomic E-state index is 13.2. The first-order valence-corrected chi connectivity index (χ1v) is 10.4. The number of piperidine rings is 1. The quantitative estimate of drug-likeness (QED) is 0.875. The first kappa shape index (κ1) is 18.9. The maximum Gasteiger partial charge on any atom is 0.274 e. The Kier molecular flexibility index (Phi) is 5.27. The molecule has 7 nitrogen and oxygen atoms in total. The molecule has 150 valence electrons. The molecule has 0 aliphatic carbocycles. The third-order valence-corrected chi connectivity index (χ3v) is 6.76. The highest BCUT2D eigenvalue weighted by Crippen LogP contribution is 2.35. The molecule has 0 unspecified atom stereocenters. The van der Waals surface area contributed by atoms with Crippen molar-refractivity contribution in [1.82, 2.24) is 20.0 Å². The molecule has 3 aliphatic heterocycles. The fourth-order valence-corrected chi connectivity index (χ4v) is 5.06. The Morgan fingerprint density at radius 3 is 2.59 bits per heavy atom. The maximum atomic E-state index is 13.2. The van der Waals surface area contributed by atoms with E-state index in [1.54, 1.807) is 0 Å². The average molecular weight is 377 g/mol. The normalized spacial score (nSPS) is 28.8. The summed E-state index contributed by atoms with van der Waals surface area (Å²) < 4.78 is 11.4. The summed E-state index contributed by atoms with van der Waals surface area (Å²) in [5.41, 5.74) is 2.82. The van der Waals surface area contributed by atoms with E-state index in [-0.39, 0.29) is 23.7 Å². The fraction of sp³-hybridized carbons (Fsp3) is 0.800. The first-order valence-electron chi connectivity index (χ1n) is 10.4. The lowest BCUT2D eigenvalue weighted by molar-refractivity contribution is -0.0467. The van der Waals surface area contributed by atoms with Gasteiger partial charge in [0.15, 0.2) is 5.69 Å². The number of likely N-dealkylation sites (tertiary alicyclic amines) is 1. The highest BCUT2D eigenvalue weighted by Gasteiger charge is 2.41. The summed E-state index contributed by atoms with van der Waals surface area (Å²) in [6.45, 7) is 11.6. The van der Waals surface area contributed by atoms with E-state index in [0.29, 0.717) is 5.69 Å². The van der Waals surface area contributed by atoms with E-state index in [1.807, 2.05) is 11.8 Å². The van der Waals surface area contributed by atoms with Gasteiger partial charge in [0.2, 0.25) is 0 Å². The van der Waals surface area contributed by atoms with Crippen molar-refractivity contribution in [2.75, 3.05) is 39.4 Å². The van der Waals surface area contributed by atoms with Crippen LogP contribution in [-0.2, 0) is 15.9 Å². The van der Waals surface area contributed by atoms with Gasteiger partial charge in [0.05, 0.1) is 31.1 Å². The number of aromatic amines is 1. The van der Waals surface area contributed by atoms with Crippen LogP contribution in [0.15, 0.2) is 0 Å². The van der Waals surface area contributed by atoms with Crippen LogP contribution < -0.4 is 0 Å². The smallest absolute Gasteiger partial charge is 0.274 e. The number of fused-ring (bicyclic) bond motifs is 1. The van der Waals surface area contributed by atoms with E-state index in [9.17, 15) is 4.79 Å². The minimum absolute atomic E-state index is 0.0341. The second kappa shape index (κ2) is 7.53. The monoisotopic (exact) mass is 376 g/mol. The number of carbonyl (C=O) groups excluding carboxylic acids is 1. The number of rotatable bonds is 3. The van der Waals surface area contributed by atoms with Crippen molar-refractivity contribution in [3.8, 4) is 0 Å². The number of hydrogen-bond acceptors (Lipinski definition) is 5. The number of nitrogens with one attached hydrogen (secondary N) is 1. The Balaban J connectivity index is 1.46. The van der Waals surface area contributed by atoms with Crippen LogP contribution >= 0.6 is 0 Å². The standard InChI is InChI=1S/C20H32N4O3/c1-4-20(24-9-11-26-12-10-24)5-7-23(8-6-20)19(25)18-16-13-14(2)27-15(3)17(16)21-22-18/h14-15H,4-13H2,1-3H3,(H,21,22)/t14-,15+/m0/s1. The molecule has 0 saturated carbocycles. The van der Waals surface area contributed by atoms with Crippen LogP contribution in [0.3, 0.4) is 0 Å². The van der Waals surface area contributed by atoms with Crippen molar-refractivity contribution in [2.45, 2.75) is 64.2 Å². The molecule has 0 bridgehead atoms. The van der Waals surface area contributed by atoms with Gasteiger partial charge in [0.25, 0.3) is 5.91 Å². The Morgan fingerprint density at radius 2 is 1.93 bits per heavy atom. The zero-order chi connectivity index (χ0) is 19.0. The number of aromatic nitrogens is 2. The molecule has 1 N–H and O–H groups in total. The largest absolute Gasteiger partial charge is 0.379 e. The molecule has 2 saturated heterocycles. The van der Waals surface area contributed by atoms with Gasteiger partial charge in [-0.25, -0.2) is 0 Å². The molecular formula is C20H32N4O3. The minimum atomic E-state index is -0.0341. The molecule has 2 fully saturated rings. The van der Waals surface area contributed by atoms with Crippen molar-refractivity contribution >= 4 is 5.91 Å². The molecule has 4 rings (SSSR count). The van der Waals surface area contributed by atoms with Gasteiger partial charge >= 0.3 is 0 Å². The molecule has 3 aliphatic rings. The average Bonchev–Trinajstić information content (AvgIpc) is 3.12. The van der Waals surface area contributed by atoms with Crippen molar-refractivity contribution in [3.63, 3.8) is 0 Å². The third kappa shape index (κ3) is 3.41. The van der Waals surface area contributed by atoms with Crippen LogP contribution in [0.1, 0.15) is 67.9 Å². The number of hydrogen-bond donors (Lipinski definition) is 1. The van der Waals surface area contributed by atoms with E-state index >= 15 is 0 Å².